The molecule has 7 heavy (non-hydrogen) atoms. The molecule has 1 aliphatic rings. The number of hydrogen-bond donors (Lipinski definition) is 1. The van der Waals surface area contributed by atoms with Gasteiger partial charge in [0.2, 0.25) is 0 Å². The molecule has 1 atom stereocenters. The second-order valence-electron chi connectivity index (χ2n) is 1.87. The summed E-state index contributed by atoms with van der Waals surface area (Å²) in [6.45, 7) is 2.98. The van der Waals surface area contributed by atoms with E-state index >= 15 is 0 Å². The molecular weight excluding hydrogens is 88.1 g/mol. The minimum Gasteiger partial charge on any atom is -0.268 e. The van der Waals surface area contributed by atoms with E-state index in [1.54, 1.807) is 5.01 Å². The first-order valence-electron chi connectivity index (χ1n) is 2.48. The van der Waals surface area contributed by atoms with Crippen LogP contribution in [0.2, 0.25) is 0 Å². The average Bonchev–Trinajstić information content (AvgIpc) is 1.91. The highest BCUT2D eigenvalue weighted by Crippen LogP contribution is 2.00. The smallest absolute Gasteiger partial charge is 0.0396 e. The van der Waals surface area contributed by atoms with E-state index in [2.05, 4.69) is 19.1 Å². The maximum Gasteiger partial charge on any atom is 0.0396 e. The van der Waals surface area contributed by atoms with Crippen LogP contribution in [0.25, 0.3) is 0 Å². The lowest BCUT2D eigenvalue weighted by Crippen LogP contribution is -2.34. The zero-order chi connectivity index (χ0) is 5.28. The molecule has 0 unspecified atom stereocenters. The highest BCUT2D eigenvalue weighted by molar-refractivity contribution is 4.99. The van der Waals surface area contributed by atoms with Crippen LogP contribution in [0.1, 0.15) is 6.92 Å². The van der Waals surface area contributed by atoms with Crippen LogP contribution >= 0.6 is 0 Å². The van der Waals surface area contributed by atoms with Crippen molar-refractivity contribution in [2.75, 3.05) is 6.54 Å². The third kappa shape index (κ3) is 0.813. The summed E-state index contributed by atoms with van der Waals surface area (Å²) in [5.74, 6) is 5.45. The summed E-state index contributed by atoms with van der Waals surface area (Å²) in [5, 5.41) is 1.79. The van der Waals surface area contributed by atoms with Gasteiger partial charge in [0.15, 0.2) is 0 Å². The van der Waals surface area contributed by atoms with E-state index in [0.29, 0.717) is 6.04 Å². The molecule has 40 valence electrons. The Morgan fingerprint density at radius 2 is 2.57 bits per heavy atom. The zero-order valence-corrected chi connectivity index (χ0v) is 4.46. The van der Waals surface area contributed by atoms with Gasteiger partial charge in [-0.15, -0.1) is 0 Å². The van der Waals surface area contributed by atoms with Crippen molar-refractivity contribution in [2.45, 2.75) is 13.0 Å². The molecule has 0 aromatic carbocycles. The number of nitrogens with two attached hydrogens (primary N) is 1. The van der Waals surface area contributed by atoms with Crippen molar-refractivity contribution < 1.29 is 0 Å². The van der Waals surface area contributed by atoms with Gasteiger partial charge in [0, 0.05) is 12.6 Å². The van der Waals surface area contributed by atoms with Crippen LogP contribution in [0.4, 0.5) is 0 Å². The molecule has 2 nitrogen and oxygen atoms in total. The summed E-state index contributed by atoms with van der Waals surface area (Å²) in [6, 6.07) is 0.444. The van der Waals surface area contributed by atoms with E-state index in [9.17, 15) is 0 Å². The van der Waals surface area contributed by atoms with Gasteiger partial charge in [0.25, 0.3) is 0 Å². The van der Waals surface area contributed by atoms with Crippen LogP contribution in [-0.2, 0) is 0 Å². The topological polar surface area (TPSA) is 29.3 Å². The molecule has 1 aliphatic heterocycles. The van der Waals surface area contributed by atoms with Gasteiger partial charge in [0.1, 0.15) is 0 Å². The van der Waals surface area contributed by atoms with E-state index in [0.717, 1.165) is 6.54 Å². The molecule has 2 N–H and O–H groups in total. The Bertz CT molecular complexity index is 88.1. The van der Waals surface area contributed by atoms with Crippen molar-refractivity contribution in [1.29, 1.82) is 0 Å². The Labute approximate surface area is 43.6 Å². The van der Waals surface area contributed by atoms with E-state index in [1.807, 2.05) is 0 Å². The maximum absolute atomic E-state index is 5.45. The van der Waals surface area contributed by atoms with Crippen LogP contribution in [0.15, 0.2) is 12.2 Å². The minimum absolute atomic E-state index is 0.444. The summed E-state index contributed by atoms with van der Waals surface area (Å²) < 4.78 is 0. The van der Waals surface area contributed by atoms with Crippen LogP contribution < -0.4 is 5.84 Å². The molecule has 0 aromatic rings. The first-order valence-corrected chi connectivity index (χ1v) is 2.48. The second-order valence-corrected chi connectivity index (χ2v) is 1.87. The molecule has 0 bridgehead atoms. The van der Waals surface area contributed by atoms with Gasteiger partial charge >= 0.3 is 0 Å². The molecule has 0 amide bonds. The summed E-state index contributed by atoms with van der Waals surface area (Å²) in [4.78, 5) is 0. The summed E-state index contributed by atoms with van der Waals surface area (Å²) in [7, 11) is 0. The molecule has 2 heteroatoms. The molecule has 0 aromatic heterocycles. The molecule has 1 heterocycles. The third-order valence-corrected chi connectivity index (χ3v) is 1.25. The van der Waals surface area contributed by atoms with Crippen molar-refractivity contribution in [3.05, 3.63) is 12.2 Å². The average molecular weight is 98.1 g/mol. The van der Waals surface area contributed by atoms with Crippen molar-refractivity contribution in [3.8, 4) is 0 Å². The number of hydrogen-bond acceptors (Lipinski definition) is 2. The zero-order valence-electron chi connectivity index (χ0n) is 4.46. The minimum atomic E-state index is 0.444. The van der Waals surface area contributed by atoms with Crippen molar-refractivity contribution in [2.24, 2.45) is 5.84 Å². The Hall–Kier alpha value is -0.340. The molecule has 0 aliphatic carbocycles. The van der Waals surface area contributed by atoms with Crippen LogP contribution in [0, 0.1) is 0 Å². The van der Waals surface area contributed by atoms with Gasteiger partial charge in [-0.2, -0.15) is 0 Å². The van der Waals surface area contributed by atoms with Crippen molar-refractivity contribution >= 4 is 0 Å². The Balaban J connectivity index is 2.45. The van der Waals surface area contributed by atoms with Crippen molar-refractivity contribution in [1.82, 2.24) is 5.01 Å². The Morgan fingerprint density at radius 3 is 2.71 bits per heavy atom. The van der Waals surface area contributed by atoms with E-state index < -0.39 is 0 Å². The Kier molecular flexibility index (Phi) is 1.13. The summed E-state index contributed by atoms with van der Waals surface area (Å²) >= 11 is 0. The Morgan fingerprint density at radius 1 is 1.86 bits per heavy atom. The number of hydrazine groups is 1. The van der Waals surface area contributed by atoms with Crippen LogP contribution in [0.5, 0.6) is 0 Å². The van der Waals surface area contributed by atoms with Gasteiger partial charge in [0.05, 0.1) is 0 Å². The standard InChI is InChI=1S/C5H10N2/c1-5-3-2-4-7(5)6/h2-3,5H,4,6H2,1H3/t5-/m1/s1. The fraction of sp³-hybridized carbons (Fsp3) is 0.600. The van der Waals surface area contributed by atoms with Gasteiger partial charge in [-0.05, 0) is 6.92 Å². The molecule has 0 radical (unpaired) electrons. The maximum atomic E-state index is 5.45. The quantitative estimate of drug-likeness (QED) is 0.344. The molecule has 0 saturated carbocycles. The van der Waals surface area contributed by atoms with E-state index in [1.165, 1.54) is 0 Å². The molecular formula is C5H10N2. The summed E-state index contributed by atoms with van der Waals surface area (Å²) in [5.41, 5.74) is 0. The largest absolute Gasteiger partial charge is 0.268 e. The monoisotopic (exact) mass is 98.1 g/mol. The second kappa shape index (κ2) is 1.64. The van der Waals surface area contributed by atoms with Gasteiger partial charge in [-0.3, -0.25) is 5.84 Å². The lowest BCUT2D eigenvalue weighted by atomic mass is 10.4. The highest BCUT2D eigenvalue weighted by atomic mass is 15.4. The van der Waals surface area contributed by atoms with Crippen LogP contribution in [0.3, 0.4) is 0 Å². The fourth-order valence-corrected chi connectivity index (χ4v) is 0.656. The first-order chi connectivity index (χ1) is 3.30. The highest BCUT2D eigenvalue weighted by Gasteiger charge is 2.08. The predicted octanol–water partition coefficient (Wildman–Crippen LogP) is 0.120. The lowest BCUT2D eigenvalue weighted by Gasteiger charge is -2.11. The number of nitrogens with zero attached hydrogens (tertiary/aromatic N) is 1. The van der Waals surface area contributed by atoms with Crippen LogP contribution in [-0.4, -0.2) is 17.6 Å². The normalized spacial score (nSPS) is 32.0. The SMILES string of the molecule is C[C@@H]1C=CCN1N. The fourth-order valence-electron chi connectivity index (χ4n) is 0.656. The molecule has 0 spiro atoms. The molecule has 0 fully saturated rings. The van der Waals surface area contributed by atoms with E-state index in [4.69, 9.17) is 5.84 Å². The lowest BCUT2D eigenvalue weighted by molar-refractivity contribution is 0.297. The van der Waals surface area contributed by atoms with Gasteiger partial charge < -0.3 is 0 Å². The van der Waals surface area contributed by atoms with Crippen molar-refractivity contribution in [3.63, 3.8) is 0 Å². The first kappa shape index (κ1) is 4.81. The molecule has 1 rings (SSSR count). The van der Waals surface area contributed by atoms with E-state index in [-0.39, 0.29) is 0 Å². The molecule has 0 saturated heterocycles. The van der Waals surface area contributed by atoms with Gasteiger partial charge in [-0.25, -0.2) is 5.01 Å². The third-order valence-electron chi connectivity index (χ3n) is 1.25. The summed E-state index contributed by atoms with van der Waals surface area (Å²) in [6.07, 6.45) is 4.17. The number of rotatable bonds is 0. The van der Waals surface area contributed by atoms with Gasteiger partial charge in [-0.1, -0.05) is 12.2 Å². The predicted molar refractivity (Wildman–Crippen MR) is 29.5 cm³/mol.